The van der Waals surface area contributed by atoms with Gasteiger partial charge in [-0.1, -0.05) is 18.2 Å². The topological polar surface area (TPSA) is 87.2 Å². The van der Waals surface area contributed by atoms with E-state index >= 15 is 0 Å². The number of hydrogen-bond donors (Lipinski definition) is 1. The van der Waals surface area contributed by atoms with Gasteiger partial charge in [-0.25, -0.2) is 9.69 Å². The third kappa shape index (κ3) is 2.31. The molecule has 3 rings (SSSR count). The number of amides is 2. The maximum atomic E-state index is 12.1. The summed E-state index contributed by atoms with van der Waals surface area (Å²) in [6.45, 7) is 0.646. The number of carbonyl (C=O) groups is 3. The lowest BCUT2D eigenvalue weighted by Crippen LogP contribution is -2.40. The van der Waals surface area contributed by atoms with E-state index in [1.807, 2.05) is 0 Å². The minimum absolute atomic E-state index is 0.0319. The van der Waals surface area contributed by atoms with Gasteiger partial charge >= 0.3 is 12.1 Å². The van der Waals surface area contributed by atoms with E-state index in [-0.39, 0.29) is 32.1 Å². The molecule has 1 unspecified atom stereocenters. The van der Waals surface area contributed by atoms with Crippen molar-refractivity contribution >= 4 is 23.7 Å². The largest absolute Gasteiger partial charge is 0.481 e. The van der Waals surface area contributed by atoms with Gasteiger partial charge in [0.2, 0.25) is 0 Å². The molecule has 2 heterocycles. The number of benzene rings is 1. The number of carboxylic acid groups (broad SMARTS) is 1. The van der Waals surface area contributed by atoms with Crippen LogP contribution in [0.25, 0.3) is 0 Å². The molecular formula is C14H14N2O5. The van der Waals surface area contributed by atoms with Gasteiger partial charge in [0.15, 0.2) is 0 Å². The molecule has 1 saturated heterocycles. The number of imide groups is 1. The van der Waals surface area contributed by atoms with Crippen molar-refractivity contribution in [2.75, 3.05) is 31.1 Å². The third-order valence-corrected chi connectivity index (χ3v) is 3.74. The Morgan fingerprint density at radius 3 is 2.76 bits per heavy atom. The van der Waals surface area contributed by atoms with Gasteiger partial charge in [0.1, 0.15) is 12.5 Å². The molecule has 21 heavy (non-hydrogen) atoms. The standard InChI is InChI=1S/C14H14N2O5/c17-12(16-5-6-21-14(16)20)8-15-7-10(13(18)19)9-3-1-2-4-11(9)15/h1-4,10H,5-8H2,(H,18,19). The van der Waals surface area contributed by atoms with Crippen LogP contribution in [-0.4, -0.2) is 54.2 Å². The lowest BCUT2D eigenvalue weighted by molar-refractivity contribution is -0.138. The van der Waals surface area contributed by atoms with Gasteiger partial charge in [0, 0.05) is 12.2 Å². The monoisotopic (exact) mass is 290 g/mol. The van der Waals surface area contributed by atoms with Crippen LogP contribution >= 0.6 is 0 Å². The molecule has 1 N–H and O–H groups in total. The molecule has 0 saturated carbocycles. The van der Waals surface area contributed by atoms with Crippen molar-refractivity contribution < 1.29 is 24.2 Å². The first kappa shape index (κ1) is 13.4. The first-order valence-electron chi connectivity index (χ1n) is 6.61. The molecule has 1 atom stereocenters. The zero-order chi connectivity index (χ0) is 15.0. The normalized spacial score (nSPS) is 20.4. The number of anilines is 1. The van der Waals surface area contributed by atoms with Crippen LogP contribution in [0.4, 0.5) is 10.5 Å². The molecule has 0 bridgehead atoms. The SMILES string of the molecule is O=C(O)C1CN(CC(=O)N2CCOC2=O)c2ccccc21. The Kier molecular flexibility index (Phi) is 3.25. The van der Waals surface area contributed by atoms with Gasteiger partial charge in [-0.05, 0) is 11.6 Å². The van der Waals surface area contributed by atoms with E-state index in [4.69, 9.17) is 4.74 Å². The van der Waals surface area contributed by atoms with E-state index in [0.717, 1.165) is 10.6 Å². The molecule has 0 spiro atoms. The van der Waals surface area contributed by atoms with Crippen molar-refractivity contribution in [2.45, 2.75) is 5.92 Å². The molecule has 1 aromatic rings. The Labute approximate surface area is 120 Å². The average Bonchev–Trinajstić information content (AvgIpc) is 3.03. The molecule has 1 aromatic carbocycles. The van der Waals surface area contributed by atoms with Crippen molar-refractivity contribution in [3.63, 3.8) is 0 Å². The molecule has 110 valence electrons. The first-order chi connectivity index (χ1) is 10.1. The van der Waals surface area contributed by atoms with E-state index in [1.165, 1.54) is 0 Å². The summed E-state index contributed by atoms with van der Waals surface area (Å²) in [7, 11) is 0. The average molecular weight is 290 g/mol. The van der Waals surface area contributed by atoms with Crippen LogP contribution in [0.1, 0.15) is 11.5 Å². The minimum atomic E-state index is -0.919. The molecule has 7 nitrogen and oxygen atoms in total. The minimum Gasteiger partial charge on any atom is -0.481 e. The summed E-state index contributed by atoms with van der Waals surface area (Å²) in [6, 6.07) is 7.11. The molecule has 0 aliphatic carbocycles. The number of cyclic esters (lactones) is 1. The van der Waals surface area contributed by atoms with Crippen LogP contribution in [0.15, 0.2) is 24.3 Å². The highest BCUT2D eigenvalue weighted by atomic mass is 16.6. The Hall–Kier alpha value is -2.57. The molecule has 2 aliphatic rings. The maximum Gasteiger partial charge on any atom is 0.416 e. The predicted molar refractivity (Wildman–Crippen MR) is 72.1 cm³/mol. The van der Waals surface area contributed by atoms with E-state index in [2.05, 4.69) is 0 Å². The molecule has 1 fully saturated rings. The van der Waals surface area contributed by atoms with E-state index in [0.29, 0.717) is 5.56 Å². The number of hydrogen-bond acceptors (Lipinski definition) is 5. The van der Waals surface area contributed by atoms with Gasteiger partial charge in [0.05, 0.1) is 13.1 Å². The second-order valence-electron chi connectivity index (χ2n) is 4.99. The van der Waals surface area contributed by atoms with E-state index in [1.54, 1.807) is 29.2 Å². The summed E-state index contributed by atoms with van der Waals surface area (Å²) in [6.07, 6.45) is -0.637. The lowest BCUT2D eigenvalue weighted by atomic mass is 10.0. The third-order valence-electron chi connectivity index (χ3n) is 3.74. The van der Waals surface area contributed by atoms with Crippen LogP contribution in [0.3, 0.4) is 0 Å². The predicted octanol–water partition coefficient (Wildman–Crippen LogP) is 0.654. The molecule has 2 aliphatic heterocycles. The van der Waals surface area contributed by atoms with Gasteiger partial charge in [-0.15, -0.1) is 0 Å². The highest BCUT2D eigenvalue weighted by Crippen LogP contribution is 2.36. The Morgan fingerprint density at radius 1 is 1.33 bits per heavy atom. The highest BCUT2D eigenvalue weighted by Gasteiger charge is 2.36. The molecule has 0 radical (unpaired) electrons. The maximum absolute atomic E-state index is 12.1. The number of fused-ring (bicyclic) bond motifs is 1. The van der Waals surface area contributed by atoms with Gasteiger partial charge in [0.25, 0.3) is 5.91 Å². The van der Waals surface area contributed by atoms with Crippen molar-refractivity contribution in [1.82, 2.24) is 4.90 Å². The fraction of sp³-hybridized carbons (Fsp3) is 0.357. The molecular weight excluding hydrogens is 276 g/mol. The van der Waals surface area contributed by atoms with Gasteiger partial charge in [-0.3, -0.25) is 9.59 Å². The second kappa shape index (κ2) is 5.08. The summed E-state index contributed by atoms with van der Waals surface area (Å²) < 4.78 is 4.73. The van der Waals surface area contributed by atoms with Crippen molar-refractivity contribution in [3.05, 3.63) is 29.8 Å². The summed E-state index contributed by atoms with van der Waals surface area (Å²) in [5, 5.41) is 9.27. The van der Waals surface area contributed by atoms with Crippen LogP contribution in [0.5, 0.6) is 0 Å². The second-order valence-corrected chi connectivity index (χ2v) is 4.99. The summed E-state index contributed by atoms with van der Waals surface area (Å²) >= 11 is 0. The number of rotatable bonds is 3. The van der Waals surface area contributed by atoms with Crippen LogP contribution < -0.4 is 4.90 Å². The fourth-order valence-electron chi connectivity index (χ4n) is 2.72. The lowest BCUT2D eigenvalue weighted by Gasteiger charge is -2.21. The number of carboxylic acids is 1. The van der Waals surface area contributed by atoms with Crippen LogP contribution in [0.2, 0.25) is 0 Å². The number of nitrogens with zero attached hydrogens (tertiary/aromatic N) is 2. The van der Waals surface area contributed by atoms with Crippen molar-refractivity contribution in [2.24, 2.45) is 0 Å². The summed E-state index contributed by atoms with van der Waals surface area (Å²) in [5.41, 5.74) is 1.42. The van der Waals surface area contributed by atoms with Crippen LogP contribution in [0, 0.1) is 0 Å². The Morgan fingerprint density at radius 2 is 2.10 bits per heavy atom. The number of para-hydroxylation sites is 1. The van der Waals surface area contributed by atoms with Crippen LogP contribution in [-0.2, 0) is 14.3 Å². The molecule has 7 heteroatoms. The summed E-state index contributed by atoms with van der Waals surface area (Å²) in [4.78, 5) is 37.6. The quantitative estimate of drug-likeness (QED) is 0.879. The zero-order valence-electron chi connectivity index (χ0n) is 11.2. The number of ether oxygens (including phenoxy) is 1. The summed E-state index contributed by atoms with van der Waals surface area (Å²) in [5.74, 6) is -1.95. The highest BCUT2D eigenvalue weighted by molar-refractivity contribution is 5.96. The van der Waals surface area contributed by atoms with Crippen molar-refractivity contribution in [3.8, 4) is 0 Å². The van der Waals surface area contributed by atoms with Gasteiger partial charge < -0.3 is 14.7 Å². The molecule has 0 aromatic heterocycles. The zero-order valence-corrected chi connectivity index (χ0v) is 11.2. The first-order valence-corrected chi connectivity index (χ1v) is 6.61. The number of aliphatic carboxylic acids is 1. The van der Waals surface area contributed by atoms with E-state index < -0.39 is 18.0 Å². The van der Waals surface area contributed by atoms with Gasteiger partial charge in [-0.2, -0.15) is 0 Å². The number of carbonyl (C=O) groups excluding carboxylic acids is 2. The smallest absolute Gasteiger partial charge is 0.416 e. The molecule has 2 amide bonds. The Bertz CT molecular complexity index is 615. The Balaban J connectivity index is 1.79. The van der Waals surface area contributed by atoms with Crippen molar-refractivity contribution in [1.29, 1.82) is 0 Å². The fourth-order valence-corrected chi connectivity index (χ4v) is 2.72. The van der Waals surface area contributed by atoms with E-state index in [9.17, 15) is 19.5 Å².